The van der Waals surface area contributed by atoms with Crippen LogP contribution in [0.4, 0.5) is 0 Å². The van der Waals surface area contributed by atoms with Crippen LogP contribution in [0.15, 0.2) is 12.7 Å². The largest absolute Gasteiger partial charge is 0.480 e. The molecule has 0 spiro atoms. The highest BCUT2D eigenvalue weighted by molar-refractivity contribution is 5.74. The number of nitrogens with zero attached hydrogens (tertiary/aromatic N) is 1. The third-order valence-electron chi connectivity index (χ3n) is 2.91. The number of allylic oxidation sites excluding steroid dienone is 1. The highest BCUT2D eigenvalue weighted by Crippen LogP contribution is 2.24. The number of carboxylic acid groups (broad SMARTS) is 1. The predicted octanol–water partition coefficient (Wildman–Crippen LogP) is 1.75. The van der Waals surface area contributed by atoms with Crippen LogP contribution < -0.4 is 0 Å². The second kappa shape index (κ2) is 5.15. The molecule has 2 unspecified atom stereocenters. The first kappa shape index (κ1) is 11.2. The van der Waals surface area contributed by atoms with Gasteiger partial charge in [-0.1, -0.05) is 13.0 Å². The zero-order valence-electron chi connectivity index (χ0n) is 8.78. The van der Waals surface area contributed by atoms with E-state index in [0.29, 0.717) is 0 Å². The molecule has 0 aromatic heterocycles. The van der Waals surface area contributed by atoms with Crippen molar-refractivity contribution in [2.75, 3.05) is 13.1 Å². The fourth-order valence-corrected chi connectivity index (χ4v) is 2.12. The van der Waals surface area contributed by atoms with Crippen molar-refractivity contribution in [1.82, 2.24) is 4.90 Å². The summed E-state index contributed by atoms with van der Waals surface area (Å²) in [7, 11) is 0. The average Bonchev–Trinajstić information content (AvgIpc) is 2.47. The number of unbranched alkanes of at least 4 members (excludes halogenated alkanes) is 1. The van der Waals surface area contributed by atoms with E-state index in [1.807, 2.05) is 13.0 Å². The fraction of sp³-hybridized carbons (Fsp3) is 0.727. The molecule has 3 heteroatoms. The third-order valence-corrected chi connectivity index (χ3v) is 2.91. The van der Waals surface area contributed by atoms with Gasteiger partial charge < -0.3 is 5.11 Å². The normalized spacial score (nSPS) is 27.8. The van der Waals surface area contributed by atoms with Crippen LogP contribution in [0.1, 0.15) is 26.2 Å². The Morgan fingerprint density at radius 1 is 1.71 bits per heavy atom. The molecular weight excluding hydrogens is 178 g/mol. The summed E-state index contributed by atoms with van der Waals surface area (Å²) in [5.41, 5.74) is 0. The smallest absolute Gasteiger partial charge is 0.321 e. The van der Waals surface area contributed by atoms with E-state index >= 15 is 0 Å². The van der Waals surface area contributed by atoms with Crippen molar-refractivity contribution in [3.63, 3.8) is 0 Å². The molecule has 0 radical (unpaired) electrons. The maximum atomic E-state index is 11.0. The molecule has 0 amide bonds. The molecule has 0 bridgehead atoms. The van der Waals surface area contributed by atoms with E-state index in [1.165, 1.54) is 0 Å². The van der Waals surface area contributed by atoms with Gasteiger partial charge in [-0.25, -0.2) is 0 Å². The van der Waals surface area contributed by atoms with Crippen molar-refractivity contribution in [3.8, 4) is 0 Å². The summed E-state index contributed by atoms with van der Waals surface area (Å²) in [4.78, 5) is 13.1. The van der Waals surface area contributed by atoms with Crippen LogP contribution in [0.2, 0.25) is 0 Å². The Bertz CT molecular complexity index is 215. The summed E-state index contributed by atoms with van der Waals surface area (Å²) in [6, 6.07) is -0.264. The van der Waals surface area contributed by atoms with Crippen LogP contribution in [0.3, 0.4) is 0 Å². The van der Waals surface area contributed by atoms with E-state index in [-0.39, 0.29) is 12.0 Å². The maximum absolute atomic E-state index is 11.0. The van der Waals surface area contributed by atoms with E-state index < -0.39 is 5.97 Å². The lowest BCUT2D eigenvalue weighted by Gasteiger charge is -2.22. The topological polar surface area (TPSA) is 40.5 Å². The molecule has 0 saturated carbocycles. The molecule has 0 aromatic carbocycles. The summed E-state index contributed by atoms with van der Waals surface area (Å²) in [5.74, 6) is -0.384. The Morgan fingerprint density at radius 2 is 2.43 bits per heavy atom. The number of carboxylic acids is 1. The lowest BCUT2D eigenvalue weighted by molar-refractivity contribution is -0.143. The molecule has 0 aromatic rings. The van der Waals surface area contributed by atoms with Crippen molar-refractivity contribution in [2.45, 2.75) is 32.2 Å². The first-order valence-corrected chi connectivity index (χ1v) is 5.24. The van der Waals surface area contributed by atoms with Crippen LogP contribution >= 0.6 is 0 Å². The average molecular weight is 197 g/mol. The van der Waals surface area contributed by atoms with Gasteiger partial charge in [-0.05, 0) is 38.3 Å². The highest BCUT2D eigenvalue weighted by atomic mass is 16.4. The molecule has 80 valence electrons. The minimum atomic E-state index is -0.673. The molecule has 1 aliphatic heterocycles. The Hall–Kier alpha value is -0.830. The Balaban J connectivity index is 2.43. The van der Waals surface area contributed by atoms with Crippen molar-refractivity contribution in [1.29, 1.82) is 0 Å². The standard InChI is InChI=1S/C11H19NO2/c1-3-4-5-7-12-8-6-9(2)10(12)11(13)14/h3,9-10H,1,4-8H2,2H3,(H,13,14). The molecule has 1 heterocycles. The van der Waals surface area contributed by atoms with Crippen LogP contribution in [0.5, 0.6) is 0 Å². The van der Waals surface area contributed by atoms with Crippen LogP contribution in [-0.2, 0) is 4.79 Å². The van der Waals surface area contributed by atoms with Crippen molar-refractivity contribution in [2.24, 2.45) is 5.92 Å². The number of rotatable bonds is 5. The maximum Gasteiger partial charge on any atom is 0.321 e. The van der Waals surface area contributed by atoms with Gasteiger partial charge in [0.1, 0.15) is 6.04 Å². The number of hydrogen-bond donors (Lipinski definition) is 1. The molecule has 0 aliphatic carbocycles. The van der Waals surface area contributed by atoms with Gasteiger partial charge in [0.05, 0.1) is 0 Å². The molecular formula is C11H19NO2. The number of carbonyl (C=O) groups is 1. The van der Waals surface area contributed by atoms with Gasteiger partial charge in [0, 0.05) is 0 Å². The molecule has 1 saturated heterocycles. The van der Waals surface area contributed by atoms with E-state index in [9.17, 15) is 4.79 Å². The van der Waals surface area contributed by atoms with Crippen molar-refractivity contribution in [3.05, 3.63) is 12.7 Å². The van der Waals surface area contributed by atoms with Gasteiger partial charge in [0.25, 0.3) is 0 Å². The van der Waals surface area contributed by atoms with Gasteiger partial charge in [-0.3, -0.25) is 9.69 Å². The zero-order valence-corrected chi connectivity index (χ0v) is 8.78. The Kier molecular flexibility index (Phi) is 4.14. The van der Waals surface area contributed by atoms with Crippen molar-refractivity contribution < 1.29 is 9.90 Å². The minimum Gasteiger partial charge on any atom is -0.480 e. The van der Waals surface area contributed by atoms with Gasteiger partial charge in [-0.2, -0.15) is 0 Å². The van der Waals surface area contributed by atoms with Crippen LogP contribution in [0, 0.1) is 5.92 Å². The summed E-state index contributed by atoms with van der Waals surface area (Å²) in [6.45, 7) is 7.49. The molecule has 1 rings (SSSR count). The number of likely N-dealkylation sites (tertiary alicyclic amines) is 1. The first-order valence-electron chi connectivity index (χ1n) is 5.24. The Labute approximate surface area is 85.4 Å². The fourth-order valence-electron chi connectivity index (χ4n) is 2.12. The lowest BCUT2D eigenvalue weighted by atomic mass is 10.0. The SMILES string of the molecule is C=CCCCN1CCC(C)C1C(=O)O. The van der Waals surface area contributed by atoms with E-state index in [1.54, 1.807) is 0 Å². The number of hydrogen-bond acceptors (Lipinski definition) is 2. The molecule has 2 atom stereocenters. The summed E-state index contributed by atoms with van der Waals surface area (Å²) in [5, 5.41) is 9.05. The van der Waals surface area contributed by atoms with Gasteiger partial charge >= 0.3 is 5.97 Å². The van der Waals surface area contributed by atoms with Gasteiger partial charge in [0.2, 0.25) is 0 Å². The van der Waals surface area contributed by atoms with Crippen LogP contribution in [-0.4, -0.2) is 35.1 Å². The first-order chi connectivity index (χ1) is 6.66. The van der Waals surface area contributed by atoms with Gasteiger partial charge in [-0.15, -0.1) is 6.58 Å². The summed E-state index contributed by atoms with van der Waals surface area (Å²) >= 11 is 0. The van der Waals surface area contributed by atoms with E-state index in [0.717, 1.165) is 32.4 Å². The molecule has 1 fully saturated rings. The Morgan fingerprint density at radius 3 is 3.00 bits per heavy atom. The molecule has 1 N–H and O–H groups in total. The summed E-state index contributed by atoms with van der Waals surface area (Å²) in [6.07, 6.45) is 4.87. The highest BCUT2D eigenvalue weighted by Gasteiger charge is 2.35. The molecule has 3 nitrogen and oxygen atoms in total. The van der Waals surface area contributed by atoms with Crippen LogP contribution in [0.25, 0.3) is 0 Å². The van der Waals surface area contributed by atoms with E-state index in [2.05, 4.69) is 11.5 Å². The second-order valence-electron chi connectivity index (χ2n) is 4.02. The monoisotopic (exact) mass is 197 g/mol. The minimum absolute atomic E-state index is 0.264. The van der Waals surface area contributed by atoms with E-state index in [4.69, 9.17) is 5.11 Å². The van der Waals surface area contributed by atoms with Gasteiger partial charge in [0.15, 0.2) is 0 Å². The quantitative estimate of drug-likeness (QED) is 0.539. The third kappa shape index (κ3) is 2.58. The molecule has 1 aliphatic rings. The predicted molar refractivity (Wildman–Crippen MR) is 56.2 cm³/mol. The number of aliphatic carboxylic acids is 1. The van der Waals surface area contributed by atoms with Crippen molar-refractivity contribution >= 4 is 5.97 Å². The summed E-state index contributed by atoms with van der Waals surface area (Å²) < 4.78 is 0. The molecule has 14 heavy (non-hydrogen) atoms. The zero-order chi connectivity index (χ0) is 10.6. The second-order valence-corrected chi connectivity index (χ2v) is 4.02. The lowest BCUT2D eigenvalue weighted by Crippen LogP contribution is -2.39.